The lowest BCUT2D eigenvalue weighted by Gasteiger charge is -2.13. The fourth-order valence-electron chi connectivity index (χ4n) is 2.96. The molecule has 0 fully saturated rings. The van der Waals surface area contributed by atoms with Crippen molar-refractivity contribution in [1.82, 2.24) is 5.32 Å². The molecule has 0 saturated heterocycles. The Bertz CT molecular complexity index is 948. The maximum atomic E-state index is 12.5. The van der Waals surface area contributed by atoms with Crippen molar-refractivity contribution in [3.8, 4) is 11.1 Å². The summed E-state index contributed by atoms with van der Waals surface area (Å²) in [5.41, 5.74) is 4.15. The smallest absolute Gasteiger partial charge is 0.253 e. The lowest BCUT2D eigenvalue weighted by Crippen LogP contribution is -2.31. The van der Waals surface area contributed by atoms with Crippen molar-refractivity contribution in [2.75, 3.05) is 5.32 Å². The Morgan fingerprint density at radius 1 is 0.786 bits per heavy atom. The number of carbonyl (C=O) groups excluding carboxylic acids is 2. The van der Waals surface area contributed by atoms with Crippen LogP contribution in [0.5, 0.6) is 0 Å². The zero-order valence-electron chi connectivity index (χ0n) is 16.1. The SMILES string of the molecule is CC(C)NC(=O)c1ccccc1NC(=O)Cc1ccc(-c2ccccc2)cc1. The highest BCUT2D eigenvalue weighted by molar-refractivity contribution is 6.04. The maximum Gasteiger partial charge on any atom is 0.253 e. The molecule has 4 heteroatoms. The van der Waals surface area contributed by atoms with Crippen LogP contribution in [0.2, 0.25) is 0 Å². The summed E-state index contributed by atoms with van der Waals surface area (Å²) in [7, 11) is 0. The summed E-state index contributed by atoms with van der Waals surface area (Å²) >= 11 is 0. The van der Waals surface area contributed by atoms with Crippen molar-refractivity contribution >= 4 is 17.5 Å². The molecule has 2 N–H and O–H groups in total. The van der Waals surface area contributed by atoms with Crippen LogP contribution in [-0.4, -0.2) is 17.9 Å². The number of hydrogen-bond acceptors (Lipinski definition) is 2. The van der Waals surface area contributed by atoms with E-state index in [-0.39, 0.29) is 24.3 Å². The number of anilines is 1. The van der Waals surface area contributed by atoms with Gasteiger partial charge in [0.2, 0.25) is 5.91 Å². The van der Waals surface area contributed by atoms with Crippen LogP contribution in [0.3, 0.4) is 0 Å². The van der Waals surface area contributed by atoms with Crippen LogP contribution in [-0.2, 0) is 11.2 Å². The molecular weight excluding hydrogens is 348 g/mol. The summed E-state index contributed by atoms with van der Waals surface area (Å²) in [6.45, 7) is 3.80. The number of hydrogen-bond donors (Lipinski definition) is 2. The molecule has 0 spiro atoms. The van der Waals surface area contributed by atoms with E-state index in [1.165, 1.54) is 0 Å². The summed E-state index contributed by atoms with van der Waals surface area (Å²) in [6.07, 6.45) is 0.245. The molecule has 142 valence electrons. The molecule has 0 aromatic heterocycles. The number of benzene rings is 3. The summed E-state index contributed by atoms with van der Waals surface area (Å²) in [6, 6.07) is 25.1. The molecule has 0 radical (unpaired) electrons. The minimum Gasteiger partial charge on any atom is -0.350 e. The zero-order valence-corrected chi connectivity index (χ0v) is 16.1. The Kier molecular flexibility index (Phi) is 6.22. The number of amides is 2. The predicted molar refractivity (Wildman–Crippen MR) is 113 cm³/mol. The van der Waals surface area contributed by atoms with Gasteiger partial charge in [0, 0.05) is 6.04 Å². The molecule has 0 unspecified atom stereocenters. The molecule has 0 atom stereocenters. The van der Waals surface area contributed by atoms with Crippen molar-refractivity contribution in [3.63, 3.8) is 0 Å². The average molecular weight is 372 g/mol. The predicted octanol–water partition coefficient (Wildman–Crippen LogP) is 4.67. The summed E-state index contributed by atoms with van der Waals surface area (Å²) in [4.78, 5) is 24.8. The first kappa shape index (κ1) is 19.4. The highest BCUT2D eigenvalue weighted by Gasteiger charge is 2.14. The first-order valence-electron chi connectivity index (χ1n) is 9.37. The van der Waals surface area contributed by atoms with E-state index in [2.05, 4.69) is 22.8 Å². The third kappa shape index (κ3) is 5.07. The van der Waals surface area contributed by atoms with E-state index in [0.717, 1.165) is 16.7 Å². The fraction of sp³-hybridized carbons (Fsp3) is 0.167. The van der Waals surface area contributed by atoms with E-state index in [1.807, 2.05) is 56.3 Å². The van der Waals surface area contributed by atoms with Crippen molar-refractivity contribution in [2.24, 2.45) is 0 Å². The second-order valence-electron chi connectivity index (χ2n) is 6.96. The van der Waals surface area contributed by atoms with Gasteiger partial charge in [0.05, 0.1) is 17.7 Å². The van der Waals surface area contributed by atoms with Gasteiger partial charge in [0.15, 0.2) is 0 Å². The Hall–Kier alpha value is -3.40. The molecule has 0 aliphatic heterocycles. The quantitative estimate of drug-likeness (QED) is 0.660. The van der Waals surface area contributed by atoms with Gasteiger partial charge in [0.1, 0.15) is 0 Å². The van der Waals surface area contributed by atoms with Crippen LogP contribution in [0.1, 0.15) is 29.8 Å². The molecule has 0 bridgehead atoms. The Morgan fingerprint density at radius 2 is 1.39 bits per heavy atom. The lowest BCUT2D eigenvalue weighted by atomic mass is 10.0. The Morgan fingerprint density at radius 3 is 2.07 bits per heavy atom. The van der Waals surface area contributed by atoms with Crippen LogP contribution in [0, 0.1) is 0 Å². The normalized spacial score (nSPS) is 10.5. The van der Waals surface area contributed by atoms with Gasteiger partial charge in [-0.3, -0.25) is 9.59 Å². The lowest BCUT2D eigenvalue weighted by molar-refractivity contribution is -0.115. The monoisotopic (exact) mass is 372 g/mol. The second-order valence-corrected chi connectivity index (χ2v) is 6.96. The van der Waals surface area contributed by atoms with E-state index in [9.17, 15) is 9.59 Å². The van der Waals surface area contributed by atoms with E-state index in [1.54, 1.807) is 24.3 Å². The third-order valence-electron chi connectivity index (χ3n) is 4.29. The molecule has 0 aliphatic rings. The highest BCUT2D eigenvalue weighted by atomic mass is 16.2. The van der Waals surface area contributed by atoms with Crippen LogP contribution in [0.4, 0.5) is 5.69 Å². The zero-order chi connectivity index (χ0) is 19.9. The number of para-hydroxylation sites is 1. The second kappa shape index (κ2) is 9.00. The minimum absolute atomic E-state index is 0.0272. The van der Waals surface area contributed by atoms with Crippen molar-refractivity contribution in [1.29, 1.82) is 0 Å². The van der Waals surface area contributed by atoms with Gasteiger partial charge >= 0.3 is 0 Å². The van der Waals surface area contributed by atoms with Gasteiger partial charge in [-0.25, -0.2) is 0 Å². The molecule has 3 aromatic rings. The first-order valence-corrected chi connectivity index (χ1v) is 9.37. The van der Waals surface area contributed by atoms with Crippen LogP contribution in [0.15, 0.2) is 78.9 Å². The van der Waals surface area contributed by atoms with Crippen LogP contribution >= 0.6 is 0 Å². The Balaban J connectivity index is 1.67. The molecule has 0 aliphatic carbocycles. The van der Waals surface area contributed by atoms with Gasteiger partial charge in [0.25, 0.3) is 5.91 Å². The largest absolute Gasteiger partial charge is 0.350 e. The van der Waals surface area contributed by atoms with Crippen LogP contribution in [0.25, 0.3) is 11.1 Å². The average Bonchev–Trinajstić information content (AvgIpc) is 2.69. The number of rotatable bonds is 6. The summed E-state index contributed by atoms with van der Waals surface area (Å²) in [5, 5.41) is 5.71. The molecule has 0 saturated carbocycles. The molecule has 4 nitrogen and oxygen atoms in total. The highest BCUT2D eigenvalue weighted by Crippen LogP contribution is 2.20. The van der Waals surface area contributed by atoms with E-state index in [0.29, 0.717) is 11.3 Å². The molecule has 0 heterocycles. The summed E-state index contributed by atoms with van der Waals surface area (Å²) in [5.74, 6) is -0.352. The van der Waals surface area contributed by atoms with Crippen molar-refractivity contribution < 1.29 is 9.59 Å². The molecule has 28 heavy (non-hydrogen) atoms. The van der Waals surface area contributed by atoms with E-state index >= 15 is 0 Å². The molecular formula is C24H24N2O2. The van der Waals surface area contributed by atoms with Crippen LogP contribution < -0.4 is 10.6 Å². The number of carbonyl (C=O) groups is 2. The van der Waals surface area contributed by atoms with E-state index in [4.69, 9.17) is 0 Å². The first-order chi connectivity index (χ1) is 13.5. The molecule has 2 amide bonds. The van der Waals surface area contributed by atoms with Gasteiger partial charge in [-0.1, -0.05) is 66.7 Å². The topological polar surface area (TPSA) is 58.2 Å². The third-order valence-corrected chi connectivity index (χ3v) is 4.29. The maximum absolute atomic E-state index is 12.5. The molecule has 3 rings (SSSR count). The van der Waals surface area contributed by atoms with Gasteiger partial charge < -0.3 is 10.6 Å². The van der Waals surface area contributed by atoms with Crippen molar-refractivity contribution in [3.05, 3.63) is 90.0 Å². The summed E-state index contributed by atoms with van der Waals surface area (Å²) < 4.78 is 0. The van der Waals surface area contributed by atoms with E-state index < -0.39 is 0 Å². The van der Waals surface area contributed by atoms with Gasteiger partial charge in [-0.15, -0.1) is 0 Å². The Labute approximate surface area is 165 Å². The number of nitrogens with one attached hydrogen (secondary N) is 2. The van der Waals surface area contributed by atoms with Gasteiger partial charge in [-0.2, -0.15) is 0 Å². The standard InChI is InChI=1S/C24H24N2O2/c1-17(2)25-24(28)21-10-6-7-11-22(21)26-23(27)16-18-12-14-20(15-13-18)19-8-4-3-5-9-19/h3-15,17H,16H2,1-2H3,(H,25,28)(H,26,27). The minimum atomic E-state index is -0.196. The van der Waals surface area contributed by atoms with Crippen molar-refractivity contribution in [2.45, 2.75) is 26.3 Å². The fourth-order valence-corrected chi connectivity index (χ4v) is 2.96. The molecule has 3 aromatic carbocycles. The van der Waals surface area contributed by atoms with Gasteiger partial charge in [-0.05, 0) is 42.7 Å².